The summed E-state index contributed by atoms with van der Waals surface area (Å²) in [5, 5.41) is 4.91. The number of nitrogens with one attached hydrogen (secondary N) is 1. The molecule has 2 rings (SSSR count). The largest absolute Gasteiger partial charge is 0.428 e. The molecule has 0 bridgehead atoms. The summed E-state index contributed by atoms with van der Waals surface area (Å²) in [7, 11) is 1.79. The van der Waals surface area contributed by atoms with Gasteiger partial charge in [0.2, 0.25) is 0 Å². The van der Waals surface area contributed by atoms with Crippen LogP contribution in [0.25, 0.3) is 0 Å². The third-order valence-corrected chi connectivity index (χ3v) is 2.57. The van der Waals surface area contributed by atoms with E-state index in [0.717, 1.165) is 12.2 Å². The zero-order valence-corrected chi connectivity index (χ0v) is 8.10. The number of nitrogens with zero attached hydrogens (tertiary/aromatic N) is 1. The Kier molecular flexibility index (Phi) is 2.31. The number of hydrogen-bond acceptors (Lipinski definition) is 4. The zero-order valence-electron chi connectivity index (χ0n) is 7.28. The highest BCUT2D eigenvalue weighted by atomic mass is 32.1. The quantitative estimate of drug-likeness (QED) is 0.815. The summed E-state index contributed by atoms with van der Waals surface area (Å²) >= 11 is 1.73. The fourth-order valence-electron chi connectivity index (χ4n) is 1.09. The molecule has 0 aliphatic carbocycles. The van der Waals surface area contributed by atoms with Gasteiger partial charge in [0.15, 0.2) is 0 Å². The van der Waals surface area contributed by atoms with Crippen LogP contribution in [0.15, 0.2) is 28.1 Å². The first kappa shape index (κ1) is 8.31. The molecule has 0 amide bonds. The lowest BCUT2D eigenvalue weighted by Gasteiger charge is -1.91. The maximum Gasteiger partial charge on any atom is 0.294 e. The third-order valence-electron chi connectivity index (χ3n) is 1.70. The van der Waals surface area contributed by atoms with Crippen LogP contribution in [-0.4, -0.2) is 12.0 Å². The van der Waals surface area contributed by atoms with Crippen molar-refractivity contribution in [3.05, 3.63) is 34.3 Å². The molecule has 13 heavy (non-hydrogen) atoms. The van der Waals surface area contributed by atoms with E-state index in [2.05, 4.69) is 21.7 Å². The molecule has 2 heterocycles. The molecule has 0 unspecified atom stereocenters. The molecule has 3 nitrogen and oxygen atoms in total. The number of rotatable bonds is 3. The monoisotopic (exact) mass is 194 g/mol. The molecule has 4 heteroatoms. The smallest absolute Gasteiger partial charge is 0.294 e. The third kappa shape index (κ3) is 1.89. The van der Waals surface area contributed by atoms with Gasteiger partial charge in [-0.15, -0.1) is 11.3 Å². The molecule has 0 aliphatic rings. The minimum Gasteiger partial charge on any atom is -0.428 e. The van der Waals surface area contributed by atoms with Crippen LogP contribution in [0, 0.1) is 0 Å². The molecular formula is C9H10N2OS. The van der Waals surface area contributed by atoms with E-state index in [1.54, 1.807) is 24.6 Å². The van der Waals surface area contributed by atoms with Gasteiger partial charge < -0.3 is 9.73 Å². The number of aromatic nitrogens is 1. The topological polar surface area (TPSA) is 38.1 Å². The summed E-state index contributed by atoms with van der Waals surface area (Å²) in [6.45, 7) is 0. The Morgan fingerprint density at radius 1 is 1.62 bits per heavy atom. The van der Waals surface area contributed by atoms with Gasteiger partial charge in [-0.3, -0.25) is 0 Å². The van der Waals surface area contributed by atoms with E-state index in [9.17, 15) is 0 Å². The Morgan fingerprint density at radius 2 is 2.54 bits per heavy atom. The second kappa shape index (κ2) is 3.62. The van der Waals surface area contributed by atoms with Gasteiger partial charge in [0.05, 0.1) is 6.20 Å². The predicted octanol–water partition coefficient (Wildman–Crippen LogP) is 2.37. The predicted molar refractivity (Wildman–Crippen MR) is 53.2 cm³/mol. The molecule has 0 saturated carbocycles. The maximum atomic E-state index is 5.39. The van der Waals surface area contributed by atoms with E-state index < -0.39 is 0 Å². The summed E-state index contributed by atoms with van der Waals surface area (Å²) in [5.74, 6) is 0.895. The lowest BCUT2D eigenvalue weighted by molar-refractivity contribution is 0.531. The van der Waals surface area contributed by atoms with Gasteiger partial charge >= 0.3 is 0 Å². The molecule has 2 aromatic rings. The van der Waals surface area contributed by atoms with Gasteiger partial charge in [-0.2, -0.15) is 0 Å². The molecular weight excluding hydrogens is 184 g/mol. The van der Waals surface area contributed by atoms with Crippen molar-refractivity contribution in [2.45, 2.75) is 6.42 Å². The molecule has 68 valence electrons. The summed E-state index contributed by atoms with van der Waals surface area (Å²) in [4.78, 5) is 5.33. The van der Waals surface area contributed by atoms with Gasteiger partial charge in [0, 0.05) is 18.3 Å². The van der Waals surface area contributed by atoms with E-state index in [4.69, 9.17) is 4.42 Å². The van der Waals surface area contributed by atoms with Gasteiger partial charge in [-0.05, 0) is 11.4 Å². The number of hydrogen-bond donors (Lipinski definition) is 1. The molecule has 0 radical (unpaired) electrons. The van der Waals surface area contributed by atoms with Crippen molar-refractivity contribution < 1.29 is 4.42 Å². The van der Waals surface area contributed by atoms with Crippen molar-refractivity contribution in [2.24, 2.45) is 0 Å². The lowest BCUT2D eigenvalue weighted by Crippen LogP contribution is -1.85. The molecule has 0 aliphatic heterocycles. The van der Waals surface area contributed by atoms with Crippen LogP contribution < -0.4 is 5.32 Å². The van der Waals surface area contributed by atoms with Crippen molar-refractivity contribution in [2.75, 3.05) is 12.4 Å². The summed E-state index contributed by atoms with van der Waals surface area (Å²) < 4.78 is 5.39. The highest BCUT2D eigenvalue weighted by Gasteiger charge is 2.03. The lowest BCUT2D eigenvalue weighted by atomic mass is 10.3. The molecule has 0 aromatic carbocycles. The summed E-state index contributed by atoms with van der Waals surface area (Å²) in [5.41, 5.74) is 0. The minimum absolute atomic E-state index is 0.576. The highest BCUT2D eigenvalue weighted by Crippen LogP contribution is 2.16. The average molecular weight is 194 g/mol. The van der Waals surface area contributed by atoms with Crippen LogP contribution in [0.3, 0.4) is 0 Å². The summed E-state index contributed by atoms with van der Waals surface area (Å²) in [6.07, 6.45) is 2.58. The number of thiophene rings is 1. The molecule has 0 spiro atoms. The van der Waals surface area contributed by atoms with E-state index in [0.29, 0.717) is 6.01 Å². The molecule has 1 N–H and O–H groups in total. The Bertz CT molecular complexity index is 367. The Hall–Kier alpha value is -1.29. The summed E-state index contributed by atoms with van der Waals surface area (Å²) in [6, 6.07) is 4.70. The second-order valence-electron chi connectivity index (χ2n) is 2.64. The normalized spacial score (nSPS) is 10.2. The van der Waals surface area contributed by atoms with Crippen LogP contribution in [0.2, 0.25) is 0 Å². The Morgan fingerprint density at radius 3 is 3.15 bits per heavy atom. The van der Waals surface area contributed by atoms with E-state index in [-0.39, 0.29) is 0 Å². The van der Waals surface area contributed by atoms with Crippen molar-refractivity contribution in [3.63, 3.8) is 0 Å². The van der Waals surface area contributed by atoms with Crippen LogP contribution in [0.1, 0.15) is 10.6 Å². The van der Waals surface area contributed by atoms with Gasteiger partial charge in [-0.25, -0.2) is 4.98 Å². The fourth-order valence-corrected chi connectivity index (χ4v) is 1.80. The highest BCUT2D eigenvalue weighted by molar-refractivity contribution is 7.09. The standard InChI is InChI=1S/C9H10N2OS/c1-10-9-11-6-7(12-9)5-8-3-2-4-13-8/h2-4,6H,5H2,1H3,(H,10,11). The average Bonchev–Trinajstić information content (AvgIpc) is 2.76. The van der Waals surface area contributed by atoms with Gasteiger partial charge in [0.25, 0.3) is 6.01 Å². The van der Waals surface area contributed by atoms with Gasteiger partial charge in [-0.1, -0.05) is 6.07 Å². The number of anilines is 1. The molecule has 0 atom stereocenters. The second-order valence-corrected chi connectivity index (χ2v) is 3.67. The van der Waals surface area contributed by atoms with Crippen molar-refractivity contribution in [1.29, 1.82) is 0 Å². The molecule has 2 aromatic heterocycles. The number of oxazole rings is 1. The van der Waals surface area contributed by atoms with Crippen LogP contribution in [-0.2, 0) is 6.42 Å². The van der Waals surface area contributed by atoms with E-state index >= 15 is 0 Å². The van der Waals surface area contributed by atoms with Crippen molar-refractivity contribution in [3.8, 4) is 0 Å². The van der Waals surface area contributed by atoms with Crippen LogP contribution >= 0.6 is 11.3 Å². The first-order valence-corrected chi connectivity index (χ1v) is 4.91. The van der Waals surface area contributed by atoms with Crippen LogP contribution in [0.5, 0.6) is 0 Å². The van der Waals surface area contributed by atoms with E-state index in [1.807, 2.05) is 6.07 Å². The molecule has 0 saturated heterocycles. The maximum absolute atomic E-state index is 5.39. The first-order valence-electron chi connectivity index (χ1n) is 4.03. The zero-order chi connectivity index (χ0) is 9.10. The SMILES string of the molecule is CNc1ncc(Cc2cccs2)o1. The van der Waals surface area contributed by atoms with E-state index in [1.165, 1.54) is 4.88 Å². The Labute approximate surface area is 80.4 Å². The van der Waals surface area contributed by atoms with Crippen molar-refractivity contribution >= 4 is 17.4 Å². The van der Waals surface area contributed by atoms with Crippen LogP contribution in [0.4, 0.5) is 6.01 Å². The Balaban J connectivity index is 2.10. The fraction of sp³-hybridized carbons (Fsp3) is 0.222. The van der Waals surface area contributed by atoms with Gasteiger partial charge in [0.1, 0.15) is 5.76 Å². The first-order chi connectivity index (χ1) is 6.38. The molecule has 0 fully saturated rings. The minimum atomic E-state index is 0.576. The van der Waals surface area contributed by atoms with Crippen molar-refractivity contribution in [1.82, 2.24) is 4.98 Å².